The molecule has 34 heavy (non-hydrogen) atoms. The minimum Gasteiger partial charge on any atom is -0.380 e. The predicted octanol–water partition coefficient (Wildman–Crippen LogP) is 3.54. The summed E-state index contributed by atoms with van der Waals surface area (Å²) in [5.41, 5.74) is 8.69. The van der Waals surface area contributed by atoms with Crippen LogP contribution >= 0.6 is 11.6 Å². The molecule has 184 valence electrons. The molecule has 3 fully saturated rings. The zero-order valence-corrected chi connectivity index (χ0v) is 20.4. The third kappa shape index (κ3) is 4.36. The number of piperazine rings is 1. The third-order valence-electron chi connectivity index (χ3n) is 7.55. The van der Waals surface area contributed by atoms with Crippen molar-refractivity contribution in [1.29, 1.82) is 0 Å². The summed E-state index contributed by atoms with van der Waals surface area (Å²) in [7, 11) is 3.34. The Hall–Kier alpha value is -2.36. The Morgan fingerprint density at radius 1 is 0.971 bits per heavy atom. The average Bonchev–Trinajstić information content (AvgIpc) is 3.11. The van der Waals surface area contributed by atoms with Crippen molar-refractivity contribution < 1.29 is 13.9 Å². The zero-order chi connectivity index (χ0) is 23.8. The number of nitrogen functional groups attached to an aromatic ring is 1. The monoisotopic (exact) mass is 490 g/mol. The Bertz CT molecular complexity index is 1000. The second-order valence-corrected chi connectivity index (χ2v) is 9.82. The van der Waals surface area contributed by atoms with E-state index in [1.165, 1.54) is 0 Å². The van der Waals surface area contributed by atoms with Gasteiger partial charge in [0.05, 0.1) is 11.4 Å². The van der Waals surface area contributed by atoms with Crippen LogP contribution in [0.2, 0.25) is 5.15 Å². The SMILES string of the molecule is COC(OC)C1CCN(c2cc(N3C4CCC3CN(c3cc(Cl)nnc3N)C4)ccc2F)CC1. The van der Waals surface area contributed by atoms with Gasteiger partial charge in [-0.1, -0.05) is 11.6 Å². The van der Waals surface area contributed by atoms with Crippen LogP contribution in [-0.2, 0) is 9.47 Å². The lowest BCUT2D eigenvalue weighted by Crippen LogP contribution is -2.54. The average molecular weight is 491 g/mol. The molecule has 10 heteroatoms. The number of piperidine rings is 1. The van der Waals surface area contributed by atoms with Crippen molar-refractivity contribution in [3.63, 3.8) is 0 Å². The van der Waals surface area contributed by atoms with Gasteiger partial charge in [-0.25, -0.2) is 4.39 Å². The summed E-state index contributed by atoms with van der Waals surface area (Å²) in [4.78, 5) is 6.87. The van der Waals surface area contributed by atoms with Crippen LogP contribution in [0, 0.1) is 11.7 Å². The van der Waals surface area contributed by atoms with E-state index in [1.54, 1.807) is 26.4 Å². The van der Waals surface area contributed by atoms with E-state index in [0.29, 0.717) is 34.7 Å². The van der Waals surface area contributed by atoms with Crippen LogP contribution in [0.15, 0.2) is 24.3 Å². The van der Waals surface area contributed by atoms with Crippen molar-refractivity contribution in [1.82, 2.24) is 10.2 Å². The molecule has 3 aliphatic heterocycles. The van der Waals surface area contributed by atoms with Gasteiger partial charge in [0, 0.05) is 70.2 Å². The fourth-order valence-corrected chi connectivity index (χ4v) is 6.08. The molecule has 0 radical (unpaired) electrons. The highest BCUT2D eigenvalue weighted by atomic mass is 35.5. The molecule has 1 aromatic carbocycles. The molecule has 0 aliphatic carbocycles. The summed E-state index contributed by atoms with van der Waals surface area (Å²) in [5, 5.41) is 8.16. The maximum Gasteiger partial charge on any atom is 0.169 e. The minimum absolute atomic E-state index is 0.173. The number of nitrogens with zero attached hydrogens (tertiary/aromatic N) is 5. The highest BCUT2D eigenvalue weighted by Gasteiger charge is 2.41. The van der Waals surface area contributed by atoms with E-state index >= 15 is 0 Å². The number of rotatable bonds is 6. The van der Waals surface area contributed by atoms with Gasteiger partial charge in [-0.05, 0) is 43.9 Å². The first-order valence-electron chi connectivity index (χ1n) is 11.9. The minimum atomic E-state index is -0.204. The van der Waals surface area contributed by atoms with Crippen molar-refractivity contribution in [3.8, 4) is 0 Å². The first-order valence-corrected chi connectivity index (χ1v) is 12.3. The van der Waals surface area contributed by atoms with E-state index in [9.17, 15) is 4.39 Å². The van der Waals surface area contributed by atoms with Gasteiger partial charge in [0.25, 0.3) is 0 Å². The van der Waals surface area contributed by atoms with Crippen LogP contribution in [0.5, 0.6) is 0 Å². The van der Waals surface area contributed by atoms with Gasteiger partial charge < -0.3 is 29.9 Å². The van der Waals surface area contributed by atoms with E-state index < -0.39 is 0 Å². The Morgan fingerprint density at radius 2 is 1.65 bits per heavy atom. The van der Waals surface area contributed by atoms with Crippen LogP contribution in [-0.4, -0.2) is 69.0 Å². The van der Waals surface area contributed by atoms with Gasteiger partial charge in [-0.15, -0.1) is 10.2 Å². The maximum atomic E-state index is 14.9. The molecule has 1 aromatic heterocycles. The Kier molecular flexibility index (Phi) is 6.68. The second-order valence-electron chi connectivity index (χ2n) is 9.43. The number of fused-ring (bicyclic) bond motifs is 2. The van der Waals surface area contributed by atoms with Crippen LogP contribution in [0.1, 0.15) is 25.7 Å². The van der Waals surface area contributed by atoms with Gasteiger partial charge in [0.1, 0.15) is 5.82 Å². The second kappa shape index (κ2) is 9.71. The lowest BCUT2D eigenvalue weighted by atomic mass is 9.95. The van der Waals surface area contributed by atoms with Gasteiger partial charge in [0.2, 0.25) is 0 Å². The van der Waals surface area contributed by atoms with Crippen LogP contribution < -0.4 is 20.4 Å². The van der Waals surface area contributed by atoms with Gasteiger partial charge in [0.15, 0.2) is 17.3 Å². The largest absolute Gasteiger partial charge is 0.380 e. The first-order chi connectivity index (χ1) is 16.5. The first kappa shape index (κ1) is 23.4. The number of methoxy groups -OCH3 is 2. The summed E-state index contributed by atoms with van der Waals surface area (Å²) in [5.74, 6) is 0.549. The molecule has 2 aromatic rings. The van der Waals surface area contributed by atoms with E-state index in [1.807, 2.05) is 12.1 Å². The molecule has 2 bridgehead atoms. The zero-order valence-electron chi connectivity index (χ0n) is 19.7. The van der Waals surface area contributed by atoms with Crippen molar-refractivity contribution in [2.24, 2.45) is 5.92 Å². The smallest absolute Gasteiger partial charge is 0.169 e. The number of aromatic nitrogens is 2. The van der Waals surface area contributed by atoms with E-state index in [0.717, 1.165) is 63.2 Å². The van der Waals surface area contributed by atoms with Crippen molar-refractivity contribution in [2.75, 3.05) is 60.8 Å². The van der Waals surface area contributed by atoms with Gasteiger partial charge >= 0.3 is 0 Å². The summed E-state index contributed by atoms with van der Waals surface area (Å²) < 4.78 is 25.8. The highest BCUT2D eigenvalue weighted by Crippen LogP contribution is 2.40. The topological polar surface area (TPSA) is 80.0 Å². The van der Waals surface area contributed by atoms with E-state index in [2.05, 4.69) is 24.9 Å². The molecule has 2 unspecified atom stereocenters. The molecule has 8 nitrogen and oxygen atoms in total. The summed E-state index contributed by atoms with van der Waals surface area (Å²) in [6, 6.07) is 7.98. The van der Waals surface area contributed by atoms with Crippen LogP contribution in [0.3, 0.4) is 0 Å². The number of anilines is 4. The van der Waals surface area contributed by atoms with Crippen molar-refractivity contribution >= 4 is 34.5 Å². The Morgan fingerprint density at radius 3 is 2.29 bits per heavy atom. The molecule has 0 amide bonds. The number of hydrogen-bond donors (Lipinski definition) is 1. The predicted molar refractivity (Wildman–Crippen MR) is 132 cm³/mol. The molecule has 3 saturated heterocycles. The number of nitrogens with two attached hydrogens (primary N) is 1. The molecular formula is C24H32ClFN6O2. The van der Waals surface area contributed by atoms with Crippen LogP contribution in [0.25, 0.3) is 0 Å². The van der Waals surface area contributed by atoms with Gasteiger partial charge in [-0.2, -0.15) is 0 Å². The van der Waals surface area contributed by atoms with Crippen molar-refractivity contribution in [3.05, 3.63) is 35.2 Å². The number of halogens is 2. The third-order valence-corrected chi connectivity index (χ3v) is 7.74. The molecule has 0 spiro atoms. The number of ether oxygens (including phenoxy) is 2. The molecule has 2 atom stereocenters. The summed E-state index contributed by atoms with van der Waals surface area (Å²) >= 11 is 6.08. The summed E-state index contributed by atoms with van der Waals surface area (Å²) in [6.07, 6.45) is 3.78. The fraction of sp³-hybridized carbons (Fsp3) is 0.583. The lowest BCUT2D eigenvalue weighted by molar-refractivity contribution is -0.141. The molecule has 0 saturated carbocycles. The molecule has 3 aliphatic rings. The Labute approximate surface area is 204 Å². The highest BCUT2D eigenvalue weighted by molar-refractivity contribution is 6.29. The molecule has 5 rings (SSSR count). The lowest BCUT2D eigenvalue weighted by Gasteiger charge is -2.44. The molecular weight excluding hydrogens is 459 g/mol. The fourth-order valence-electron chi connectivity index (χ4n) is 5.94. The van der Waals surface area contributed by atoms with Crippen LogP contribution in [0.4, 0.5) is 27.3 Å². The number of benzene rings is 1. The van der Waals surface area contributed by atoms with E-state index in [4.69, 9.17) is 26.8 Å². The number of hydrogen-bond acceptors (Lipinski definition) is 8. The molecule has 4 heterocycles. The maximum absolute atomic E-state index is 14.9. The summed E-state index contributed by atoms with van der Waals surface area (Å²) in [6.45, 7) is 3.19. The van der Waals surface area contributed by atoms with E-state index in [-0.39, 0.29) is 12.1 Å². The standard InChI is InChI=1S/C24H32ClFN6O2/c1-33-24(34-2)15-7-9-30(10-8-15)20-11-16(5-6-19(20)26)32-17-3-4-18(32)14-31(13-17)21-12-22(25)28-29-23(21)27/h5-6,11-12,15,17-18,24H,3-4,7-10,13-14H2,1-2H3,(H2,27,29). The quantitative estimate of drug-likeness (QED) is 0.616. The molecule has 2 N–H and O–H groups in total. The normalized spacial score (nSPS) is 23.3. The van der Waals surface area contributed by atoms with Crippen molar-refractivity contribution in [2.45, 2.75) is 44.1 Å². The Balaban J connectivity index is 1.32. The van der Waals surface area contributed by atoms with Gasteiger partial charge in [-0.3, -0.25) is 0 Å².